The third kappa shape index (κ3) is 3.27. The van der Waals surface area contributed by atoms with Gasteiger partial charge >= 0.3 is 0 Å². The number of nitrogens with zero attached hydrogens (tertiary/aromatic N) is 4. The summed E-state index contributed by atoms with van der Waals surface area (Å²) in [7, 11) is 0. The van der Waals surface area contributed by atoms with E-state index in [4.69, 9.17) is 0 Å². The molecule has 92 valence electrons. The molecule has 0 spiro atoms. The summed E-state index contributed by atoms with van der Waals surface area (Å²) in [5, 5.41) is 15.2. The highest BCUT2D eigenvalue weighted by atomic mass is 15.6. The molecule has 0 radical (unpaired) electrons. The molecule has 1 aromatic rings. The van der Waals surface area contributed by atoms with Crippen LogP contribution in [0.25, 0.3) is 0 Å². The summed E-state index contributed by atoms with van der Waals surface area (Å²) in [6, 6.07) is 0.799. The van der Waals surface area contributed by atoms with Gasteiger partial charge < -0.3 is 5.32 Å². The molecule has 1 heterocycles. The smallest absolute Gasteiger partial charge is 0.165 e. The fourth-order valence-electron chi connectivity index (χ4n) is 1.52. The van der Waals surface area contributed by atoms with Gasteiger partial charge in [-0.2, -0.15) is 0 Å². The predicted molar refractivity (Wildman–Crippen MR) is 64.0 cm³/mol. The standard InChI is InChI=1S/C11H23N5/c1-6-9(4)10(5)16-11(13-14-15-16)7-12-8(2)3/h8-10,12H,6-7H2,1-5H3. The van der Waals surface area contributed by atoms with Gasteiger partial charge in [-0.05, 0) is 23.3 Å². The van der Waals surface area contributed by atoms with Crippen molar-refractivity contribution in [3.63, 3.8) is 0 Å². The highest BCUT2D eigenvalue weighted by molar-refractivity contribution is 4.84. The molecule has 0 aliphatic heterocycles. The van der Waals surface area contributed by atoms with Crippen molar-refractivity contribution in [3.05, 3.63) is 5.82 Å². The van der Waals surface area contributed by atoms with Gasteiger partial charge in [0.05, 0.1) is 12.6 Å². The maximum Gasteiger partial charge on any atom is 0.165 e. The van der Waals surface area contributed by atoms with E-state index in [-0.39, 0.29) is 0 Å². The number of aromatic nitrogens is 4. The van der Waals surface area contributed by atoms with E-state index in [1.165, 1.54) is 0 Å². The van der Waals surface area contributed by atoms with Gasteiger partial charge in [0.1, 0.15) is 0 Å². The van der Waals surface area contributed by atoms with E-state index in [1.807, 2.05) is 4.68 Å². The van der Waals surface area contributed by atoms with Crippen LogP contribution < -0.4 is 5.32 Å². The Balaban J connectivity index is 2.69. The Kier molecular flexibility index (Phi) is 4.86. The van der Waals surface area contributed by atoms with Gasteiger partial charge in [0.2, 0.25) is 0 Å². The van der Waals surface area contributed by atoms with Crippen molar-refractivity contribution >= 4 is 0 Å². The van der Waals surface area contributed by atoms with Gasteiger partial charge in [-0.25, -0.2) is 4.68 Å². The summed E-state index contributed by atoms with van der Waals surface area (Å²) in [5.74, 6) is 1.50. The molecule has 1 rings (SSSR count). The molecule has 0 aromatic carbocycles. The summed E-state index contributed by atoms with van der Waals surface area (Å²) < 4.78 is 1.93. The number of tetrazole rings is 1. The fourth-order valence-corrected chi connectivity index (χ4v) is 1.52. The van der Waals surface area contributed by atoms with Crippen molar-refractivity contribution in [1.29, 1.82) is 0 Å². The molecule has 2 unspecified atom stereocenters. The Bertz CT molecular complexity index is 307. The Labute approximate surface area is 97.6 Å². The van der Waals surface area contributed by atoms with Crippen LogP contribution in [0.3, 0.4) is 0 Å². The molecule has 0 aliphatic carbocycles. The molecule has 0 fully saturated rings. The van der Waals surface area contributed by atoms with Gasteiger partial charge in [0.25, 0.3) is 0 Å². The average Bonchev–Trinajstić information content (AvgIpc) is 2.72. The zero-order chi connectivity index (χ0) is 12.1. The monoisotopic (exact) mass is 225 g/mol. The first-order chi connectivity index (χ1) is 7.56. The van der Waals surface area contributed by atoms with E-state index < -0.39 is 0 Å². The first-order valence-corrected chi connectivity index (χ1v) is 6.06. The first-order valence-electron chi connectivity index (χ1n) is 6.06. The first kappa shape index (κ1) is 13.1. The van der Waals surface area contributed by atoms with Crippen LogP contribution in [0.4, 0.5) is 0 Å². The quantitative estimate of drug-likeness (QED) is 0.801. The van der Waals surface area contributed by atoms with Crippen LogP contribution in [0.2, 0.25) is 0 Å². The van der Waals surface area contributed by atoms with Crippen LogP contribution in [-0.4, -0.2) is 26.2 Å². The van der Waals surface area contributed by atoms with Crippen molar-refractivity contribution < 1.29 is 0 Å². The molecule has 2 atom stereocenters. The van der Waals surface area contributed by atoms with E-state index >= 15 is 0 Å². The number of nitrogens with one attached hydrogen (secondary N) is 1. The van der Waals surface area contributed by atoms with Crippen LogP contribution in [0.15, 0.2) is 0 Å². The Morgan fingerprint density at radius 2 is 1.94 bits per heavy atom. The molecule has 1 N–H and O–H groups in total. The number of hydrogen-bond donors (Lipinski definition) is 1. The molecule has 0 aliphatic rings. The molecular weight excluding hydrogens is 202 g/mol. The second kappa shape index (κ2) is 5.94. The third-order valence-electron chi connectivity index (χ3n) is 3.08. The lowest BCUT2D eigenvalue weighted by Crippen LogP contribution is -2.26. The molecule has 5 nitrogen and oxygen atoms in total. The molecule has 1 aromatic heterocycles. The van der Waals surface area contributed by atoms with Gasteiger partial charge in [-0.15, -0.1) is 5.10 Å². The highest BCUT2D eigenvalue weighted by Crippen LogP contribution is 2.19. The van der Waals surface area contributed by atoms with Gasteiger partial charge in [0.15, 0.2) is 5.82 Å². The predicted octanol–water partition coefficient (Wildman–Crippen LogP) is 1.78. The van der Waals surface area contributed by atoms with Crippen molar-refractivity contribution in [2.24, 2.45) is 5.92 Å². The normalized spacial score (nSPS) is 15.4. The van der Waals surface area contributed by atoms with Crippen LogP contribution >= 0.6 is 0 Å². The Hall–Kier alpha value is -0.970. The molecule has 0 saturated carbocycles. The second-order valence-corrected chi connectivity index (χ2v) is 4.70. The Morgan fingerprint density at radius 3 is 2.50 bits per heavy atom. The minimum absolute atomic E-state index is 0.351. The van der Waals surface area contributed by atoms with Crippen molar-refractivity contribution in [2.75, 3.05) is 0 Å². The zero-order valence-corrected chi connectivity index (χ0v) is 10.9. The van der Waals surface area contributed by atoms with Gasteiger partial charge in [-0.1, -0.05) is 34.1 Å². The average molecular weight is 225 g/mol. The van der Waals surface area contributed by atoms with E-state index in [1.54, 1.807) is 0 Å². The van der Waals surface area contributed by atoms with E-state index in [2.05, 4.69) is 55.5 Å². The second-order valence-electron chi connectivity index (χ2n) is 4.70. The molecule has 0 saturated heterocycles. The van der Waals surface area contributed by atoms with Crippen LogP contribution in [-0.2, 0) is 6.54 Å². The zero-order valence-electron chi connectivity index (χ0n) is 10.9. The fraction of sp³-hybridized carbons (Fsp3) is 0.909. The number of hydrogen-bond acceptors (Lipinski definition) is 4. The van der Waals surface area contributed by atoms with Crippen LogP contribution in [0.1, 0.15) is 52.9 Å². The van der Waals surface area contributed by atoms with Crippen molar-refractivity contribution in [2.45, 2.75) is 59.7 Å². The van der Waals surface area contributed by atoms with Crippen molar-refractivity contribution in [1.82, 2.24) is 25.5 Å². The summed E-state index contributed by atoms with van der Waals surface area (Å²) in [6.45, 7) is 11.6. The highest BCUT2D eigenvalue weighted by Gasteiger charge is 2.17. The number of rotatable bonds is 6. The van der Waals surface area contributed by atoms with E-state index in [0.717, 1.165) is 18.8 Å². The van der Waals surface area contributed by atoms with E-state index in [0.29, 0.717) is 18.0 Å². The summed E-state index contributed by atoms with van der Waals surface area (Å²) in [6.07, 6.45) is 1.14. The molecular formula is C11H23N5. The van der Waals surface area contributed by atoms with Crippen LogP contribution in [0.5, 0.6) is 0 Å². The van der Waals surface area contributed by atoms with Gasteiger partial charge in [0, 0.05) is 6.04 Å². The molecule has 5 heteroatoms. The van der Waals surface area contributed by atoms with Crippen LogP contribution in [0, 0.1) is 5.92 Å². The maximum absolute atomic E-state index is 4.08. The topological polar surface area (TPSA) is 55.6 Å². The lowest BCUT2D eigenvalue weighted by atomic mass is 10.0. The van der Waals surface area contributed by atoms with Gasteiger partial charge in [-0.3, -0.25) is 0 Å². The Morgan fingerprint density at radius 1 is 1.25 bits per heavy atom. The summed E-state index contributed by atoms with van der Waals surface area (Å²) in [4.78, 5) is 0. The molecule has 0 bridgehead atoms. The molecule has 0 amide bonds. The molecule has 16 heavy (non-hydrogen) atoms. The van der Waals surface area contributed by atoms with E-state index in [9.17, 15) is 0 Å². The lowest BCUT2D eigenvalue weighted by Gasteiger charge is -2.19. The van der Waals surface area contributed by atoms with Crippen molar-refractivity contribution in [3.8, 4) is 0 Å². The largest absolute Gasteiger partial charge is 0.308 e. The maximum atomic E-state index is 4.08. The third-order valence-corrected chi connectivity index (χ3v) is 3.08. The minimum atomic E-state index is 0.351. The lowest BCUT2D eigenvalue weighted by molar-refractivity contribution is 0.325. The summed E-state index contributed by atoms with van der Waals surface area (Å²) in [5.41, 5.74) is 0. The summed E-state index contributed by atoms with van der Waals surface area (Å²) >= 11 is 0. The minimum Gasteiger partial charge on any atom is -0.308 e. The SMILES string of the molecule is CCC(C)C(C)n1nnnc1CNC(C)C.